The molecule has 1 aromatic carbocycles. The highest BCUT2D eigenvalue weighted by Crippen LogP contribution is 2.13. The summed E-state index contributed by atoms with van der Waals surface area (Å²) in [6.07, 6.45) is 2.05. The van der Waals surface area contributed by atoms with E-state index in [4.69, 9.17) is 9.94 Å². The molecule has 0 saturated heterocycles. The van der Waals surface area contributed by atoms with Crippen LogP contribution >= 0.6 is 0 Å². The maximum absolute atomic E-state index is 12.4. The molecule has 0 bridgehead atoms. The number of hydroxylamine groups is 1. The van der Waals surface area contributed by atoms with Crippen LogP contribution in [-0.4, -0.2) is 22.8 Å². The van der Waals surface area contributed by atoms with Crippen molar-refractivity contribution in [3.8, 4) is 5.75 Å². The third-order valence-electron chi connectivity index (χ3n) is 3.33. The van der Waals surface area contributed by atoms with Gasteiger partial charge in [-0.25, -0.2) is 5.48 Å². The highest BCUT2D eigenvalue weighted by molar-refractivity contribution is 5.74. The van der Waals surface area contributed by atoms with Gasteiger partial charge in [-0.1, -0.05) is 18.2 Å². The summed E-state index contributed by atoms with van der Waals surface area (Å²) < 4.78 is 6.75. The third kappa shape index (κ3) is 3.95. The number of hydrogen-bond donors (Lipinski definition) is 2. The first-order chi connectivity index (χ1) is 10.6. The Morgan fingerprint density at radius 2 is 2.14 bits per heavy atom. The predicted octanol–water partition coefficient (Wildman–Crippen LogP) is 1.34. The molecule has 0 aliphatic carbocycles. The second-order valence-electron chi connectivity index (χ2n) is 4.85. The molecule has 0 unspecified atom stereocenters. The lowest BCUT2D eigenvalue weighted by Gasteiger charge is -2.09. The largest absolute Gasteiger partial charge is 0.497 e. The van der Waals surface area contributed by atoms with Crippen LogP contribution in [0.1, 0.15) is 17.5 Å². The van der Waals surface area contributed by atoms with Crippen LogP contribution in [0.4, 0.5) is 0 Å². The average Bonchev–Trinajstić information content (AvgIpc) is 2.55. The Morgan fingerprint density at radius 3 is 2.86 bits per heavy atom. The number of rotatable bonds is 6. The topological polar surface area (TPSA) is 80.6 Å². The van der Waals surface area contributed by atoms with Crippen molar-refractivity contribution >= 4 is 5.91 Å². The molecule has 116 valence electrons. The zero-order valence-corrected chi connectivity index (χ0v) is 12.3. The second-order valence-corrected chi connectivity index (χ2v) is 4.85. The minimum absolute atomic E-state index is 0.0644. The van der Waals surface area contributed by atoms with E-state index in [1.807, 2.05) is 24.3 Å². The number of pyridine rings is 1. The Balaban J connectivity index is 2.17. The van der Waals surface area contributed by atoms with Gasteiger partial charge in [0.1, 0.15) is 5.75 Å². The Kier molecular flexibility index (Phi) is 5.32. The van der Waals surface area contributed by atoms with Crippen LogP contribution in [0.5, 0.6) is 5.75 Å². The molecule has 0 aliphatic heterocycles. The van der Waals surface area contributed by atoms with Crippen LogP contribution in [0.3, 0.4) is 0 Å². The van der Waals surface area contributed by atoms with Gasteiger partial charge in [-0.2, -0.15) is 0 Å². The number of benzene rings is 1. The molecule has 0 aliphatic rings. The van der Waals surface area contributed by atoms with E-state index in [-0.39, 0.29) is 18.4 Å². The molecular weight excluding hydrogens is 284 g/mol. The van der Waals surface area contributed by atoms with Gasteiger partial charge in [0.15, 0.2) is 0 Å². The molecule has 2 rings (SSSR count). The van der Waals surface area contributed by atoms with Crippen molar-refractivity contribution < 1.29 is 14.7 Å². The summed E-state index contributed by atoms with van der Waals surface area (Å²) in [5.41, 5.74) is 2.90. The van der Waals surface area contributed by atoms with Crippen molar-refractivity contribution in [3.05, 3.63) is 64.1 Å². The van der Waals surface area contributed by atoms with Crippen LogP contribution < -0.4 is 15.8 Å². The Labute approximate surface area is 127 Å². The number of aryl methyl sites for hydroxylation is 1. The summed E-state index contributed by atoms with van der Waals surface area (Å²) in [6.45, 7) is 0.427. The molecular formula is C16H18N2O4. The number of nitrogens with zero attached hydrogens (tertiary/aromatic N) is 1. The summed E-state index contributed by atoms with van der Waals surface area (Å²) in [5.74, 6) is 0.226. The Morgan fingerprint density at radius 1 is 1.32 bits per heavy atom. The van der Waals surface area contributed by atoms with Gasteiger partial charge in [-0.15, -0.1) is 0 Å². The standard InChI is InChI=1S/C16H18N2O4/c1-22-14-6-2-4-12(10-14)11-18-9-3-5-13(16(18)20)7-8-15(19)17-21/h2-6,9-10,21H,7-8,11H2,1H3,(H,17,19). The molecule has 2 N–H and O–H groups in total. The van der Waals surface area contributed by atoms with Crippen molar-refractivity contribution in [2.24, 2.45) is 0 Å². The third-order valence-corrected chi connectivity index (χ3v) is 3.33. The first-order valence-electron chi connectivity index (χ1n) is 6.88. The van der Waals surface area contributed by atoms with Gasteiger partial charge in [-0.05, 0) is 30.2 Å². The Bertz CT molecular complexity index is 709. The van der Waals surface area contributed by atoms with Crippen LogP contribution in [0.2, 0.25) is 0 Å². The van der Waals surface area contributed by atoms with Crippen molar-refractivity contribution in [1.29, 1.82) is 0 Å². The van der Waals surface area contributed by atoms with Gasteiger partial charge in [0, 0.05) is 18.2 Å². The predicted molar refractivity (Wildman–Crippen MR) is 81.0 cm³/mol. The number of amides is 1. The second kappa shape index (κ2) is 7.42. The summed E-state index contributed by atoms with van der Waals surface area (Å²) in [7, 11) is 1.60. The molecule has 6 heteroatoms. The fourth-order valence-corrected chi connectivity index (χ4v) is 2.17. The molecule has 0 fully saturated rings. The van der Waals surface area contributed by atoms with Gasteiger partial charge in [-0.3, -0.25) is 14.8 Å². The average molecular weight is 302 g/mol. The minimum Gasteiger partial charge on any atom is -0.497 e. The smallest absolute Gasteiger partial charge is 0.254 e. The molecule has 22 heavy (non-hydrogen) atoms. The normalized spacial score (nSPS) is 10.3. The Hall–Kier alpha value is -2.60. The number of methoxy groups -OCH3 is 1. The minimum atomic E-state index is -0.511. The SMILES string of the molecule is COc1cccc(Cn2cccc(CCC(=O)NO)c2=O)c1. The monoisotopic (exact) mass is 302 g/mol. The molecule has 6 nitrogen and oxygen atoms in total. The highest BCUT2D eigenvalue weighted by Gasteiger charge is 2.07. The fourth-order valence-electron chi connectivity index (χ4n) is 2.17. The van der Waals surface area contributed by atoms with E-state index in [0.717, 1.165) is 11.3 Å². The van der Waals surface area contributed by atoms with E-state index in [9.17, 15) is 9.59 Å². The quantitative estimate of drug-likeness (QED) is 0.623. The van der Waals surface area contributed by atoms with E-state index in [0.29, 0.717) is 12.1 Å². The van der Waals surface area contributed by atoms with Crippen molar-refractivity contribution in [2.75, 3.05) is 7.11 Å². The summed E-state index contributed by atoms with van der Waals surface area (Å²) in [4.78, 5) is 23.4. The lowest BCUT2D eigenvalue weighted by molar-refractivity contribution is -0.129. The molecule has 0 saturated carbocycles. The van der Waals surface area contributed by atoms with Crippen LogP contribution in [0.15, 0.2) is 47.4 Å². The van der Waals surface area contributed by atoms with Crippen molar-refractivity contribution in [1.82, 2.24) is 10.0 Å². The summed E-state index contributed by atoms with van der Waals surface area (Å²) >= 11 is 0. The lowest BCUT2D eigenvalue weighted by Crippen LogP contribution is -2.25. The molecule has 0 atom stereocenters. The summed E-state index contributed by atoms with van der Waals surface area (Å²) in [6, 6.07) is 11.0. The first kappa shape index (κ1) is 15.8. The molecule has 1 heterocycles. The van der Waals surface area contributed by atoms with Crippen molar-refractivity contribution in [2.45, 2.75) is 19.4 Å². The highest BCUT2D eigenvalue weighted by atomic mass is 16.5. The number of carbonyl (C=O) groups is 1. The molecule has 1 amide bonds. The number of ether oxygens (including phenoxy) is 1. The fraction of sp³-hybridized carbons (Fsp3) is 0.250. The van der Waals surface area contributed by atoms with E-state index in [1.54, 1.807) is 35.5 Å². The molecule has 0 radical (unpaired) electrons. The van der Waals surface area contributed by atoms with E-state index in [1.165, 1.54) is 0 Å². The molecule has 1 aromatic heterocycles. The van der Waals surface area contributed by atoms with Gasteiger partial charge < -0.3 is 9.30 Å². The number of nitrogens with one attached hydrogen (secondary N) is 1. The maximum Gasteiger partial charge on any atom is 0.254 e. The number of hydrogen-bond acceptors (Lipinski definition) is 4. The van der Waals surface area contributed by atoms with Gasteiger partial charge in [0.25, 0.3) is 5.56 Å². The van der Waals surface area contributed by atoms with E-state index >= 15 is 0 Å². The van der Waals surface area contributed by atoms with E-state index < -0.39 is 5.91 Å². The number of aromatic nitrogens is 1. The van der Waals surface area contributed by atoms with Gasteiger partial charge in [0.2, 0.25) is 5.91 Å². The zero-order valence-electron chi connectivity index (χ0n) is 12.3. The van der Waals surface area contributed by atoms with Crippen LogP contribution in [-0.2, 0) is 17.8 Å². The lowest BCUT2D eigenvalue weighted by atomic mass is 10.1. The molecule has 0 spiro atoms. The van der Waals surface area contributed by atoms with Gasteiger partial charge in [0.05, 0.1) is 13.7 Å². The molecule has 2 aromatic rings. The van der Waals surface area contributed by atoms with Gasteiger partial charge >= 0.3 is 0 Å². The van der Waals surface area contributed by atoms with Crippen molar-refractivity contribution in [3.63, 3.8) is 0 Å². The first-order valence-corrected chi connectivity index (χ1v) is 6.88. The maximum atomic E-state index is 12.4. The van der Waals surface area contributed by atoms with Crippen LogP contribution in [0.25, 0.3) is 0 Å². The van der Waals surface area contributed by atoms with Crippen LogP contribution in [0, 0.1) is 0 Å². The zero-order chi connectivity index (χ0) is 15.9. The van der Waals surface area contributed by atoms with E-state index in [2.05, 4.69) is 0 Å². The summed E-state index contributed by atoms with van der Waals surface area (Å²) in [5, 5.41) is 8.49. The number of carbonyl (C=O) groups excluding carboxylic acids is 1.